The largest absolute Gasteiger partial charge is 0.508 e. The SMILES string of the molecule is O=C(N/N=C\c1ccc(N2CCCCCC2)cc1)c1cccc(O)c1. The molecule has 1 heterocycles. The Bertz CT molecular complexity index is 733. The molecule has 0 unspecified atom stereocenters. The van der Waals surface area contributed by atoms with Gasteiger partial charge in [-0.3, -0.25) is 4.79 Å². The zero-order valence-electron chi connectivity index (χ0n) is 14.2. The van der Waals surface area contributed by atoms with Crippen molar-refractivity contribution >= 4 is 17.8 Å². The van der Waals surface area contributed by atoms with Crippen LogP contribution in [0.3, 0.4) is 0 Å². The van der Waals surface area contributed by atoms with E-state index < -0.39 is 0 Å². The number of phenolic OH excluding ortho intramolecular Hbond substituents is 1. The van der Waals surface area contributed by atoms with Gasteiger partial charge in [0.2, 0.25) is 0 Å². The van der Waals surface area contributed by atoms with Gasteiger partial charge in [0.1, 0.15) is 5.75 Å². The molecule has 5 heteroatoms. The number of anilines is 1. The molecule has 0 aliphatic carbocycles. The van der Waals surface area contributed by atoms with E-state index in [-0.39, 0.29) is 11.7 Å². The molecule has 0 bridgehead atoms. The van der Waals surface area contributed by atoms with Crippen LogP contribution in [0.15, 0.2) is 53.6 Å². The van der Waals surface area contributed by atoms with Gasteiger partial charge in [-0.25, -0.2) is 5.43 Å². The van der Waals surface area contributed by atoms with Crippen LogP contribution < -0.4 is 10.3 Å². The van der Waals surface area contributed by atoms with E-state index in [0.717, 1.165) is 18.7 Å². The van der Waals surface area contributed by atoms with E-state index in [1.54, 1.807) is 18.3 Å². The highest BCUT2D eigenvalue weighted by molar-refractivity contribution is 5.95. The Morgan fingerprint density at radius 3 is 2.44 bits per heavy atom. The molecule has 25 heavy (non-hydrogen) atoms. The summed E-state index contributed by atoms with van der Waals surface area (Å²) >= 11 is 0. The maximum atomic E-state index is 11.9. The molecule has 3 rings (SSSR count). The minimum absolute atomic E-state index is 0.0562. The number of phenols is 1. The first-order chi connectivity index (χ1) is 12.2. The molecule has 0 aromatic heterocycles. The number of carbonyl (C=O) groups is 1. The molecular weight excluding hydrogens is 314 g/mol. The first-order valence-electron chi connectivity index (χ1n) is 8.70. The Morgan fingerprint density at radius 2 is 1.76 bits per heavy atom. The van der Waals surface area contributed by atoms with Gasteiger partial charge in [0.05, 0.1) is 6.21 Å². The molecule has 0 radical (unpaired) electrons. The highest BCUT2D eigenvalue weighted by Crippen LogP contribution is 2.19. The lowest BCUT2D eigenvalue weighted by Crippen LogP contribution is -2.23. The van der Waals surface area contributed by atoms with Crippen molar-refractivity contribution in [2.75, 3.05) is 18.0 Å². The maximum Gasteiger partial charge on any atom is 0.271 e. The maximum absolute atomic E-state index is 11.9. The topological polar surface area (TPSA) is 64.9 Å². The predicted molar refractivity (Wildman–Crippen MR) is 100 cm³/mol. The highest BCUT2D eigenvalue weighted by Gasteiger charge is 2.09. The van der Waals surface area contributed by atoms with Gasteiger partial charge < -0.3 is 10.0 Å². The number of hydrazone groups is 1. The normalized spacial score (nSPS) is 15.1. The van der Waals surface area contributed by atoms with E-state index in [4.69, 9.17) is 0 Å². The molecule has 0 atom stereocenters. The average Bonchev–Trinajstić information content (AvgIpc) is 2.92. The predicted octanol–water partition coefficient (Wildman–Crippen LogP) is 3.54. The zero-order chi connectivity index (χ0) is 17.5. The van der Waals surface area contributed by atoms with E-state index in [9.17, 15) is 9.90 Å². The van der Waals surface area contributed by atoms with Gasteiger partial charge in [-0.1, -0.05) is 31.0 Å². The van der Waals surface area contributed by atoms with Gasteiger partial charge in [0, 0.05) is 24.3 Å². The van der Waals surface area contributed by atoms with Crippen molar-refractivity contribution < 1.29 is 9.90 Å². The van der Waals surface area contributed by atoms with Crippen LogP contribution >= 0.6 is 0 Å². The summed E-state index contributed by atoms with van der Waals surface area (Å²) in [4.78, 5) is 14.4. The first-order valence-corrected chi connectivity index (χ1v) is 8.70. The van der Waals surface area contributed by atoms with Crippen LogP contribution in [0.4, 0.5) is 5.69 Å². The van der Waals surface area contributed by atoms with Crippen LogP contribution in [-0.4, -0.2) is 30.3 Å². The fourth-order valence-electron chi connectivity index (χ4n) is 2.98. The second-order valence-corrected chi connectivity index (χ2v) is 6.24. The summed E-state index contributed by atoms with van der Waals surface area (Å²) in [6.07, 6.45) is 6.77. The number of benzene rings is 2. The summed E-state index contributed by atoms with van der Waals surface area (Å²) in [5.41, 5.74) is 5.00. The van der Waals surface area contributed by atoms with Gasteiger partial charge in [0.25, 0.3) is 5.91 Å². The second-order valence-electron chi connectivity index (χ2n) is 6.24. The Labute approximate surface area is 148 Å². The van der Waals surface area contributed by atoms with Gasteiger partial charge in [-0.05, 0) is 48.7 Å². The van der Waals surface area contributed by atoms with E-state index in [1.807, 2.05) is 12.1 Å². The van der Waals surface area contributed by atoms with Crippen molar-refractivity contribution in [1.82, 2.24) is 5.43 Å². The number of aromatic hydroxyl groups is 1. The fourth-order valence-corrected chi connectivity index (χ4v) is 2.98. The van der Waals surface area contributed by atoms with Crippen molar-refractivity contribution in [1.29, 1.82) is 0 Å². The molecule has 1 saturated heterocycles. The van der Waals surface area contributed by atoms with Gasteiger partial charge in [-0.15, -0.1) is 0 Å². The van der Waals surface area contributed by atoms with Crippen molar-refractivity contribution in [3.8, 4) is 5.75 Å². The number of carbonyl (C=O) groups excluding carboxylic acids is 1. The third kappa shape index (κ3) is 4.83. The van der Waals surface area contributed by atoms with Gasteiger partial charge in [-0.2, -0.15) is 5.10 Å². The molecule has 2 aromatic carbocycles. The Kier molecular flexibility index (Phi) is 5.67. The quantitative estimate of drug-likeness (QED) is 0.662. The van der Waals surface area contributed by atoms with Crippen LogP contribution in [0.5, 0.6) is 5.75 Å². The third-order valence-corrected chi connectivity index (χ3v) is 4.35. The van der Waals surface area contributed by atoms with Crippen molar-refractivity contribution in [3.63, 3.8) is 0 Å². The van der Waals surface area contributed by atoms with Gasteiger partial charge >= 0.3 is 0 Å². The van der Waals surface area contributed by atoms with E-state index in [2.05, 4.69) is 27.6 Å². The monoisotopic (exact) mass is 337 g/mol. The minimum Gasteiger partial charge on any atom is -0.508 e. The minimum atomic E-state index is -0.353. The van der Waals surface area contributed by atoms with Crippen molar-refractivity contribution in [3.05, 3.63) is 59.7 Å². The highest BCUT2D eigenvalue weighted by atomic mass is 16.3. The molecule has 0 spiro atoms. The lowest BCUT2D eigenvalue weighted by Gasteiger charge is -2.22. The Hall–Kier alpha value is -2.82. The standard InChI is InChI=1S/C20H23N3O2/c24-19-7-5-6-17(14-19)20(25)22-21-15-16-8-10-18(11-9-16)23-12-3-1-2-4-13-23/h5-11,14-15,24H,1-4,12-13H2,(H,22,25)/b21-15-. The summed E-state index contributed by atoms with van der Waals surface area (Å²) in [7, 11) is 0. The van der Waals surface area contributed by atoms with E-state index in [0.29, 0.717) is 5.56 Å². The number of hydrogen-bond donors (Lipinski definition) is 2. The number of nitrogens with one attached hydrogen (secondary N) is 1. The number of rotatable bonds is 4. The molecule has 130 valence electrons. The van der Waals surface area contributed by atoms with Crippen LogP contribution in [0.25, 0.3) is 0 Å². The summed E-state index contributed by atoms with van der Waals surface area (Å²) in [5.74, 6) is -0.297. The van der Waals surface area contributed by atoms with Crippen LogP contribution in [0, 0.1) is 0 Å². The number of nitrogens with zero attached hydrogens (tertiary/aromatic N) is 2. The molecule has 1 fully saturated rings. The molecule has 2 aromatic rings. The summed E-state index contributed by atoms with van der Waals surface area (Å²) < 4.78 is 0. The zero-order valence-corrected chi connectivity index (χ0v) is 14.2. The van der Waals surface area contributed by atoms with Crippen molar-refractivity contribution in [2.24, 2.45) is 5.10 Å². The second kappa shape index (κ2) is 8.33. The Balaban J connectivity index is 1.57. The first kappa shape index (κ1) is 17.0. The van der Waals surface area contributed by atoms with E-state index >= 15 is 0 Å². The summed E-state index contributed by atoms with van der Waals surface area (Å²) in [6.45, 7) is 2.24. The molecule has 5 nitrogen and oxygen atoms in total. The average molecular weight is 337 g/mol. The lowest BCUT2D eigenvalue weighted by molar-refractivity contribution is 0.0954. The summed E-state index contributed by atoms with van der Waals surface area (Å²) in [6, 6.07) is 14.4. The molecule has 0 saturated carbocycles. The summed E-state index contributed by atoms with van der Waals surface area (Å²) in [5, 5.41) is 13.4. The van der Waals surface area contributed by atoms with Gasteiger partial charge in [0.15, 0.2) is 0 Å². The molecule has 1 aliphatic rings. The lowest BCUT2D eigenvalue weighted by atomic mass is 10.2. The number of hydrogen-bond acceptors (Lipinski definition) is 4. The van der Waals surface area contributed by atoms with Crippen molar-refractivity contribution in [2.45, 2.75) is 25.7 Å². The third-order valence-electron chi connectivity index (χ3n) is 4.35. The van der Waals surface area contributed by atoms with E-state index in [1.165, 1.54) is 43.5 Å². The molecular formula is C20H23N3O2. The van der Waals surface area contributed by atoms with Crippen LogP contribution in [-0.2, 0) is 0 Å². The number of amides is 1. The Morgan fingerprint density at radius 1 is 1.04 bits per heavy atom. The molecule has 1 aliphatic heterocycles. The smallest absolute Gasteiger partial charge is 0.271 e. The van der Waals surface area contributed by atoms with Crippen LogP contribution in [0.2, 0.25) is 0 Å². The van der Waals surface area contributed by atoms with Crippen LogP contribution in [0.1, 0.15) is 41.6 Å². The molecule has 2 N–H and O–H groups in total. The molecule has 1 amide bonds. The fraction of sp³-hybridized carbons (Fsp3) is 0.300.